The first-order valence-electron chi connectivity index (χ1n) is 9.93. The summed E-state index contributed by atoms with van der Waals surface area (Å²) in [6.45, 7) is 2.28. The molecule has 1 aliphatic heterocycles. The number of rotatable bonds is 5. The minimum atomic E-state index is -1.74. The van der Waals surface area contributed by atoms with E-state index < -0.39 is 23.0 Å². The van der Waals surface area contributed by atoms with Crippen molar-refractivity contribution in [3.8, 4) is 0 Å². The van der Waals surface area contributed by atoms with E-state index >= 15 is 0 Å². The van der Waals surface area contributed by atoms with Crippen LogP contribution in [0, 0.1) is 5.82 Å². The fourth-order valence-electron chi connectivity index (χ4n) is 3.85. The molecule has 0 aliphatic carbocycles. The highest BCUT2D eigenvalue weighted by molar-refractivity contribution is 5.80. The predicted octanol–water partition coefficient (Wildman–Crippen LogP) is 4.57. The van der Waals surface area contributed by atoms with Gasteiger partial charge in [-0.2, -0.15) is 0 Å². The van der Waals surface area contributed by atoms with Crippen molar-refractivity contribution >= 4 is 5.97 Å². The third-order valence-corrected chi connectivity index (χ3v) is 5.46. The lowest BCUT2D eigenvalue weighted by atomic mass is 9.75. The van der Waals surface area contributed by atoms with Crippen molar-refractivity contribution in [3.63, 3.8) is 0 Å². The molecule has 0 saturated carbocycles. The van der Waals surface area contributed by atoms with Crippen LogP contribution in [0.25, 0.3) is 0 Å². The molecule has 0 amide bonds. The van der Waals surface area contributed by atoms with Crippen LogP contribution in [0.4, 0.5) is 4.39 Å². The van der Waals surface area contributed by atoms with Gasteiger partial charge in [-0.25, -0.2) is 9.18 Å². The Morgan fingerprint density at radius 1 is 0.833 bits per heavy atom. The van der Waals surface area contributed by atoms with Crippen molar-refractivity contribution in [2.75, 3.05) is 19.8 Å². The van der Waals surface area contributed by atoms with Gasteiger partial charge in [0.25, 0.3) is 5.79 Å². The number of carbonyl (C=O) groups excluding carboxylic acids is 1. The van der Waals surface area contributed by atoms with E-state index in [-0.39, 0.29) is 19.8 Å². The Bertz CT molecular complexity index is 937. The molecule has 0 N–H and O–H groups in total. The zero-order valence-electron chi connectivity index (χ0n) is 16.7. The Balaban J connectivity index is 1.76. The minimum Gasteiger partial charge on any atom is -0.462 e. The lowest BCUT2D eigenvalue weighted by molar-refractivity contribution is -0.290. The molecule has 0 bridgehead atoms. The van der Waals surface area contributed by atoms with E-state index in [2.05, 4.69) is 0 Å². The van der Waals surface area contributed by atoms with Crippen molar-refractivity contribution in [2.45, 2.75) is 18.1 Å². The molecule has 1 saturated heterocycles. The fraction of sp³-hybridized carbons (Fsp3) is 0.240. The van der Waals surface area contributed by atoms with E-state index in [4.69, 9.17) is 14.2 Å². The van der Waals surface area contributed by atoms with Gasteiger partial charge in [0.1, 0.15) is 5.82 Å². The Kier molecular flexibility index (Phi) is 5.66. The van der Waals surface area contributed by atoms with Gasteiger partial charge in [-0.05, 0) is 30.2 Å². The molecule has 1 heterocycles. The Hall–Kier alpha value is -3.02. The minimum absolute atomic E-state index is 0.178. The molecule has 154 valence electrons. The van der Waals surface area contributed by atoms with E-state index in [9.17, 15) is 9.18 Å². The predicted molar refractivity (Wildman–Crippen MR) is 110 cm³/mol. The lowest BCUT2D eigenvalue weighted by Crippen LogP contribution is -2.55. The molecule has 5 heteroatoms. The van der Waals surface area contributed by atoms with Gasteiger partial charge in [-0.1, -0.05) is 72.8 Å². The van der Waals surface area contributed by atoms with Crippen LogP contribution in [0.2, 0.25) is 0 Å². The van der Waals surface area contributed by atoms with E-state index in [1.807, 2.05) is 60.7 Å². The summed E-state index contributed by atoms with van der Waals surface area (Å²) in [5.74, 6) is -2.79. The van der Waals surface area contributed by atoms with Gasteiger partial charge in [0.15, 0.2) is 0 Å². The molecule has 4 nitrogen and oxygen atoms in total. The van der Waals surface area contributed by atoms with Crippen molar-refractivity contribution < 1.29 is 23.4 Å². The third kappa shape index (κ3) is 3.51. The largest absolute Gasteiger partial charge is 0.462 e. The Labute approximate surface area is 175 Å². The molecule has 0 aromatic heterocycles. The van der Waals surface area contributed by atoms with Crippen LogP contribution in [0.3, 0.4) is 0 Å². The Morgan fingerprint density at radius 2 is 1.33 bits per heavy atom. The van der Waals surface area contributed by atoms with Crippen LogP contribution in [-0.4, -0.2) is 25.8 Å². The summed E-state index contributed by atoms with van der Waals surface area (Å²) in [7, 11) is 0. The fourth-order valence-corrected chi connectivity index (χ4v) is 3.85. The van der Waals surface area contributed by atoms with Crippen LogP contribution in [0.1, 0.15) is 23.6 Å². The van der Waals surface area contributed by atoms with Crippen LogP contribution < -0.4 is 0 Å². The first-order chi connectivity index (χ1) is 14.6. The summed E-state index contributed by atoms with van der Waals surface area (Å²) in [6, 6.07) is 25.4. The highest BCUT2D eigenvalue weighted by Crippen LogP contribution is 2.43. The molecule has 3 aromatic carbocycles. The van der Waals surface area contributed by atoms with Crippen molar-refractivity contribution in [3.05, 3.63) is 107 Å². The van der Waals surface area contributed by atoms with Crippen LogP contribution in [0.5, 0.6) is 0 Å². The second kappa shape index (κ2) is 8.38. The van der Waals surface area contributed by atoms with Gasteiger partial charge in [-0.15, -0.1) is 0 Å². The summed E-state index contributed by atoms with van der Waals surface area (Å²) < 4.78 is 31.2. The quantitative estimate of drug-likeness (QED) is 0.582. The lowest BCUT2D eigenvalue weighted by Gasteiger charge is -2.45. The highest BCUT2D eigenvalue weighted by atomic mass is 19.1. The standard InChI is InChI=1S/C25H23FO4/c1-2-28-23(27)25(21-13-15-22(26)16-14-21)29-17-24(18-30-25,19-9-5-3-6-10-19)20-11-7-4-8-12-20/h3-16H,2,17-18H2,1H3. The molecular formula is C25H23FO4. The summed E-state index contributed by atoms with van der Waals surface area (Å²) in [5, 5.41) is 0. The number of esters is 1. The maximum Gasteiger partial charge on any atom is 0.372 e. The second-order valence-electron chi connectivity index (χ2n) is 7.24. The van der Waals surface area contributed by atoms with Gasteiger partial charge in [0, 0.05) is 5.56 Å². The summed E-state index contributed by atoms with van der Waals surface area (Å²) in [4.78, 5) is 12.9. The third-order valence-electron chi connectivity index (χ3n) is 5.46. The maximum atomic E-state index is 13.5. The molecule has 0 atom stereocenters. The first-order valence-corrected chi connectivity index (χ1v) is 9.93. The van der Waals surface area contributed by atoms with Gasteiger partial charge in [0.05, 0.1) is 25.2 Å². The van der Waals surface area contributed by atoms with Crippen LogP contribution in [-0.2, 0) is 30.2 Å². The normalized spacial score (nSPS) is 17.3. The monoisotopic (exact) mass is 406 g/mol. The maximum absolute atomic E-state index is 13.5. The van der Waals surface area contributed by atoms with Crippen molar-refractivity contribution in [1.82, 2.24) is 0 Å². The number of hydrogen-bond acceptors (Lipinski definition) is 4. The molecule has 0 radical (unpaired) electrons. The van der Waals surface area contributed by atoms with Crippen LogP contribution >= 0.6 is 0 Å². The number of carbonyl (C=O) groups is 1. The number of benzene rings is 3. The molecule has 0 unspecified atom stereocenters. The number of hydrogen-bond donors (Lipinski definition) is 0. The summed E-state index contributed by atoms with van der Waals surface area (Å²) >= 11 is 0. The average molecular weight is 406 g/mol. The molecule has 1 aliphatic rings. The van der Waals surface area contributed by atoms with Gasteiger partial charge in [-0.3, -0.25) is 0 Å². The van der Waals surface area contributed by atoms with Crippen molar-refractivity contribution in [2.24, 2.45) is 0 Å². The Morgan fingerprint density at radius 3 is 1.80 bits per heavy atom. The molecular weight excluding hydrogens is 383 g/mol. The molecule has 3 aromatic rings. The van der Waals surface area contributed by atoms with Gasteiger partial charge in [0.2, 0.25) is 0 Å². The number of ether oxygens (including phenoxy) is 3. The van der Waals surface area contributed by atoms with Gasteiger partial charge >= 0.3 is 5.97 Å². The topological polar surface area (TPSA) is 44.8 Å². The van der Waals surface area contributed by atoms with E-state index in [1.165, 1.54) is 24.3 Å². The second-order valence-corrected chi connectivity index (χ2v) is 7.24. The average Bonchev–Trinajstić information content (AvgIpc) is 2.81. The molecule has 30 heavy (non-hydrogen) atoms. The van der Waals surface area contributed by atoms with Crippen LogP contribution in [0.15, 0.2) is 84.9 Å². The van der Waals surface area contributed by atoms with E-state index in [0.717, 1.165) is 11.1 Å². The number of halogens is 1. The van der Waals surface area contributed by atoms with Gasteiger partial charge < -0.3 is 14.2 Å². The summed E-state index contributed by atoms with van der Waals surface area (Å²) in [5.41, 5.74) is 1.84. The molecule has 4 rings (SSSR count). The van der Waals surface area contributed by atoms with Crippen molar-refractivity contribution in [1.29, 1.82) is 0 Å². The molecule has 0 spiro atoms. The zero-order valence-corrected chi connectivity index (χ0v) is 16.7. The first kappa shape index (κ1) is 20.3. The smallest absolute Gasteiger partial charge is 0.372 e. The summed E-state index contributed by atoms with van der Waals surface area (Å²) in [6.07, 6.45) is 0. The van der Waals surface area contributed by atoms with E-state index in [1.54, 1.807) is 6.92 Å². The zero-order chi connectivity index (χ0) is 21.0. The van der Waals surface area contributed by atoms with E-state index in [0.29, 0.717) is 5.56 Å². The SMILES string of the molecule is CCOC(=O)C1(c2ccc(F)cc2)OCC(c2ccccc2)(c2ccccc2)CO1. The highest BCUT2D eigenvalue weighted by Gasteiger charge is 2.53. The molecule has 1 fully saturated rings.